The first-order valence-electron chi connectivity index (χ1n) is 3.97. The summed E-state index contributed by atoms with van der Waals surface area (Å²) in [5.41, 5.74) is 0. The Morgan fingerprint density at radius 3 is 0.900 bits per heavy atom. The molecule has 0 fully saturated rings. The van der Waals surface area contributed by atoms with E-state index < -0.39 is 35.9 Å². The lowest BCUT2D eigenvalue weighted by atomic mass is 9.96. The minimum absolute atomic E-state index is 6.82. The molecule has 0 spiro atoms. The average molecular weight is 334 g/mol. The van der Waals surface area contributed by atoms with Crippen LogP contribution in [0.2, 0.25) is 0 Å². The molecule has 0 atom stereocenters. The molecule has 0 aliphatic carbocycles. The molecule has 0 unspecified atom stereocenters. The Kier molecular flexibility index (Phi) is 4.09. The van der Waals surface area contributed by atoms with Gasteiger partial charge in [-0.15, -0.1) is 0 Å². The van der Waals surface area contributed by atoms with Crippen LogP contribution in [0.4, 0.5) is 52.7 Å². The first kappa shape index (κ1) is 19.1. The predicted octanol–water partition coefficient (Wildman–Crippen LogP) is 2.70. The first-order chi connectivity index (χ1) is 8.25. The van der Waals surface area contributed by atoms with E-state index in [1.807, 2.05) is 0 Å². The van der Waals surface area contributed by atoms with E-state index in [-0.39, 0.29) is 0 Å². The van der Waals surface area contributed by atoms with Crippen LogP contribution in [0.1, 0.15) is 0 Å². The van der Waals surface area contributed by atoms with Crippen molar-refractivity contribution in [2.24, 2.45) is 0 Å². The van der Waals surface area contributed by atoms with Crippen molar-refractivity contribution >= 4 is 0 Å². The summed E-state index contributed by atoms with van der Waals surface area (Å²) in [5, 5.41) is 15.7. The molecule has 0 saturated carbocycles. The molecule has 0 saturated heterocycles. The quantitative estimate of drug-likeness (QED) is 0.616. The fourth-order valence-corrected chi connectivity index (χ4v) is 0.772. The van der Waals surface area contributed by atoms with E-state index >= 15 is 0 Å². The summed E-state index contributed by atoms with van der Waals surface area (Å²) in [7, 11) is 0. The summed E-state index contributed by atoms with van der Waals surface area (Å²) in [6.45, 7) is 0. The van der Waals surface area contributed by atoms with Gasteiger partial charge in [-0.1, -0.05) is 0 Å². The molecular formula is C6H2F12O2. The van der Waals surface area contributed by atoms with Gasteiger partial charge in [-0.2, -0.15) is 52.7 Å². The molecule has 0 aromatic rings. The zero-order valence-corrected chi connectivity index (χ0v) is 8.43. The zero-order valence-electron chi connectivity index (χ0n) is 8.43. The van der Waals surface area contributed by atoms with Gasteiger partial charge in [-0.05, 0) is 0 Å². The van der Waals surface area contributed by atoms with Crippen LogP contribution < -0.4 is 0 Å². The summed E-state index contributed by atoms with van der Waals surface area (Å²) < 4.78 is 144. The lowest BCUT2D eigenvalue weighted by Gasteiger charge is -2.39. The highest BCUT2D eigenvalue weighted by Gasteiger charge is 2.89. The molecule has 20 heavy (non-hydrogen) atoms. The zero-order chi connectivity index (χ0) is 17.0. The molecule has 0 aromatic heterocycles. The van der Waals surface area contributed by atoms with Crippen molar-refractivity contribution in [3.63, 3.8) is 0 Å². The molecule has 0 radical (unpaired) electrons. The van der Waals surface area contributed by atoms with Crippen LogP contribution >= 0.6 is 0 Å². The lowest BCUT2D eigenvalue weighted by Crippen LogP contribution is -2.72. The van der Waals surface area contributed by atoms with Crippen molar-refractivity contribution in [3.8, 4) is 0 Å². The van der Waals surface area contributed by atoms with E-state index in [1.54, 1.807) is 0 Å². The third-order valence-electron chi connectivity index (χ3n) is 1.98. The number of halogens is 12. The van der Waals surface area contributed by atoms with E-state index in [1.165, 1.54) is 0 Å². The van der Waals surface area contributed by atoms with Gasteiger partial charge in [0.15, 0.2) is 0 Å². The van der Waals surface area contributed by atoms with Gasteiger partial charge in [0.25, 0.3) is 0 Å². The fourth-order valence-electron chi connectivity index (χ4n) is 0.772. The van der Waals surface area contributed by atoms with Crippen molar-refractivity contribution in [1.29, 1.82) is 0 Å². The smallest absolute Gasteiger partial charge is 0.354 e. The summed E-state index contributed by atoms with van der Waals surface area (Å²) >= 11 is 0. The number of aliphatic hydroxyl groups is 2. The molecule has 122 valence electrons. The molecule has 0 aliphatic rings. The van der Waals surface area contributed by atoms with Crippen LogP contribution in [-0.2, 0) is 0 Å². The molecule has 2 N–H and O–H groups in total. The van der Waals surface area contributed by atoms with Crippen LogP contribution in [-0.4, -0.2) is 46.1 Å². The van der Waals surface area contributed by atoms with Crippen molar-refractivity contribution in [2.45, 2.75) is 35.9 Å². The molecule has 0 amide bonds. The summed E-state index contributed by atoms with van der Waals surface area (Å²) in [5.74, 6) is -29.9. The number of hydrogen-bond acceptors (Lipinski definition) is 2. The van der Waals surface area contributed by atoms with Crippen LogP contribution in [0.15, 0.2) is 0 Å². The Hall–Kier alpha value is -0.920. The molecule has 0 bridgehead atoms. The maximum absolute atomic E-state index is 12.6. The Morgan fingerprint density at radius 2 is 0.700 bits per heavy atom. The second-order valence-corrected chi connectivity index (χ2v) is 3.39. The molecule has 0 rings (SSSR count). The van der Waals surface area contributed by atoms with E-state index in [2.05, 4.69) is 0 Å². The molecule has 14 heteroatoms. The Morgan fingerprint density at radius 1 is 0.400 bits per heavy atom. The highest BCUT2D eigenvalue weighted by molar-refractivity contribution is 5.07. The van der Waals surface area contributed by atoms with Gasteiger partial charge in [0.05, 0.1) is 0 Å². The molecule has 0 aromatic carbocycles. The Balaban J connectivity index is 6.08. The molecule has 0 heterocycles. The third-order valence-corrected chi connectivity index (χ3v) is 1.98. The molecule has 0 aliphatic heterocycles. The molecular weight excluding hydrogens is 332 g/mol. The summed E-state index contributed by atoms with van der Waals surface area (Å²) in [6, 6.07) is 0. The number of hydrogen-bond donors (Lipinski definition) is 2. The maximum Gasteiger partial charge on any atom is 0.460 e. The van der Waals surface area contributed by atoms with E-state index in [9.17, 15) is 52.7 Å². The van der Waals surface area contributed by atoms with Gasteiger partial charge in [-0.3, -0.25) is 0 Å². The van der Waals surface area contributed by atoms with Crippen molar-refractivity contribution < 1.29 is 62.9 Å². The predicted molar refractivity (Wildman–Crippen MR) is 34.1 cm³/mol. The van der Waals surface area contributed by atoms with Crippen molar-refractivity contribution in [2.75, 3.05) is 0 Å². The topological polar surface area (TPSA) is 40.5 Å². The second-order valence-electron chi connectivity index (χ2n) is 3.39. The largest absolute Gasteiger partial charge is 0.460 e. The summed E-state index contributed by atoms with van der Waals surface area (Å²) in [6.07, 6.45) is -14.4. The minimum Gasteiger partial charge on any atom is -0.354 e. The van der Waals surface area contributed by atoms with Crippen molar-refractivity contribution in [3.05, 3.63) is 0 Å². The van der Waals surface area contributed by atoms with Crippen LogP contribution in [0.25, 0.3) is 0 Å². The molecule has 2 nitrogen and oxygen atoms in total. The Bertz CT molecular complexity index is 327. The maximum atomic E-state index is 12.6. The number of rotatable bonds is 3. The standard InChI is InChI=1S/C6H2F12O2/c7-1(8,3(11,12)5(13,14)15)2(9,10)4(19,20)6(16,17)18/h19-20H. The number of alkyl halides is 12. The van der Waals surface area contributed by atoms with Crippen LogP contribution in [0.3, 0.4) is 0 Å². The fraction of sp³-hybridized carbons (Fsp3) is 1.00. The lowest BCUT2D eigenvalue weighted by molar-refractivity contribution is -0.482. The summed E-state index contributed by atoms with van der Waals surface area (Å²) in [4.78, 5) is 0. The van der Waals surface area contributed by atoms with Gasteiger partial charge in [0.2, 0.25) is 0 Å². The SMILES string of the molecule is OC(O)(C(F)(F)F)C(F)(F)C(F)(F)C(F)(F)C(F)(F)F. The Labute approximate surface area is 100 Å². The van der Waals surface area contributed by atoms with Gasteiger partial charge in [-0.25, -0.2) is 0 Å². The first-order valence-corrected chi connectivity index (χ1v) is 3.97. The van der Waals surface area contributed by atoms with Gasteiger partial charge in [0, 0.05) is 0 Å². The normalized spacial score (nSPS) is 16.5. The average Bonchev–Trinajstić information content (AvgIpc) is 2.12. The van der Waals surface area contributed by atoms with Crippen LogP contribution in [0, 0.1) is 0 Å². The van der Waals surface area contributed by atoms with E-state index in [0.29, 0.717) is 0 Å². The second kappa shape index (κ2) is 4.29. The van der Waals surface area contributed by atoms with Crippen LogP contribution in [0.5, 0.6) is 0 Å². The van der Waals surface area contributed by atoms with Gasteiger partial charge in [0.1, 0.15) is 0 Å². The minimum atomic E-state index is -7.79. The van der Waals surface area contributed by atoms with Crippen molar-refractivity contribution in [1.82, 2.24) is 0 Å². The van der Waals surface area contributed by atoms with Gasteiger partial charge < -0.3 is 10.2 Å². The highest BCUT2D eigenvalue weighted by atomic mass is 19.4. The third kappa shape index (κ3) is 2.27. The van der Waals surface area contributed by atoms with E-state index in [4.69, 9.17) is 10.2 Å². The highest BCUT2D eigenvalue weighted by Crippen LogP contribution is 2.57. The van der Waals surface area contributed by atoms with Gasteiger partial charge >= 0.3 is 35.9 Å². The monoisotopic (exact) mass is 334 g/mol. The van der Waals surface area contributed by atoms with E-state index in [0.717, 1.165) is 0 Å².